The van der Waals surface area contributed by atoms with Gasteiger partial charge >= 0.3 is 0 Å². The van der Waals surface area contributed by atoms with Crippen LogP contribution in [0.15, 0.2) is 53.7 Å². The van der Waals surface area contributed by atoms with Crippen LogP contribution in [0, 0.1) is 0 Å². The van der Waals surface area contributed by atoms with Gasteiger partial charge in [0.1, 0.15) is 5.75 Å². The summed E-state index contributed by atoms with van der Waals surface area (Å²) in [6, 6.07) is 13.3. The normalized spacial score (nSPS) is 10.6. The molecule has 0 aliphatic heterocycles. The third-order valence-corrected chi connectivity index (χ3v) is 2.11. The minimum atomic E-state index is 0.707. The van der Waals surface area contributed by atoms with Crippen molar-refractivity contribution in [1.82, 2.24) is 4.98 Å². The number of hydrogen-bond acceptors (Lipinski definition) is 3. The number of pyridine rings is 1. The van der Waals surface area contributed by atoms with E-state index in [-0.39, 0.29) is 0 Å². The van der Waals surface area contributed by atoms with Crippen LogP contribution in [0.1, 0.15) is 5.56 Å². The highest BCUT2D eigenvalue weighted by Crippen LogP contribution is 2.11. The molecule has 3 nitrogen and oxygen atoms in total. The van der Waals surface area contributed by atoms with Crippen molar-refractivity contribution < 1.29 is 4.74 Å². The van der Waals surface area contributed by atoms with Crippen LogP contribution in [0.4, 0.5) is 5.82 Å². The summed E-state index contributed by atoms with van der Waals surface area (Å²) >= 11 is 0. The fourth-order valence-electron chi connectivity index (χ4n) is 1.26. The predicted octanol–water partition coefficient (Wildman–Crippen LogP) is 2.84. The molecule has 0 unspecified atom stereocenters. The Morgan fingerprint density at radius 1 is 1.12 bits per heavy atom. The second-order valence-electron chi connectivity index (χ2n) is 3.22. The molecule has 1 heterocycles. The Kier molecular flexibility index (Phi) is 3.28. The Bertz CT molecular complexity index is 463. The Hall–Kier alpha value is -2.16. The molecule has 3 heteroatoms. The van der Waals surface area contributed by atoms with Gasteiger partial charge in [0.2, 0.25) is 0 Å². The minimum absolute atomic E-state index is 0.707. The van der Waals surface area contributed by atoms with Gasteiger partial charge in [-0.05, 0) is 42.0 Å². The molecule has 0 fully saturated rings. The maximum Gasteiger partial charge on any atom is 0.151 e. The lowest BCUT2D eigenvalue weighted by molar-refractivity contribution is 0.415. The lowest BCUT2D eigenvalue weighted by Crippen LogP contribution is -1.84. The quantitative estimate of drug-likeness (QED) is 0.733. The van der Waals surface area contributed by atoms with Gasteiger partial charge in [-0.3, -0.25) is 0 Å². The van der Waals surface area contributed by atoms with Crippen molar-refractivity contribution in [2.45, 2.75) is 0 Å². The maximum atomic E-state index is 5.08. The highest BCUT2D eigenvalue weighted by Gasteiger charge is 1.91. The number of nitrogens with zero attached hydrogens (tertiary/aromatic N) is 2. The van der Waals surface area contributed by atoms with Gasteiger partial charge in [-0.25, -0.2) is 9.98 Å². The van der Waals surface area contributed by atoms with Crippen LogP contribution in [0.5, 0.6) is 5.75 Å². The number of ether oxygens (including phenoxy) is 1. The predicted molar refractivity (Wildman–Crippen MR) is 64.5 cm³/mol. The number of benzene rings is 1. The van der Waals surface area contributed by atoms with Crippen molar-refractivity contribution in [2.75, 3.05) is 7.11 Å². The Labute approximate surface area is 94.4 Å². The second kappa shape index (κ2) is 5.07. The number of rotatable bonds is 3. The Morgan fingerprint density at radius 3 is 2.56 bits per heavy atom. The molecule has 0 amide bonds. The third kappa shape index (κ3) is 2.67. The second-order valence-corrected chi connectivity index (χ2v) is 3.22. The van der Waals surface area contributed by atoms with E-state index < -0.39 is 0 Å². The van der Waals surface area contributed by atoms with Gasteiger partial charge in [-0.2, -0.15) is 0 Å². The van der Waals surface area contributed by atoms with Crippen LogP contribution in [0.2, 0.25) is 0 Å². The summed E-state index contributed by atoms with van der Waals surface area (Å²) in [6.07, 6.45) is 3.50. The van der Waals surface area contributed by atoms with Crippen molar-refractivity contribution in [3.05, 3.63) is 54.2 Å². The van der Waals surface area contributed by atoms with Crippen LogP contribution >= 0.6 is 0 Å². The molecular weight excluding hydrogens is 200 g/mol. The molecule has 0 saturated heterocycles. The highest BCUT2D eigenvalue weighted by atomic mass is 16.5. The first-order chi connectivity index (χ1) is 7.88. The molecule has 0 bridgehead atoms. The summed E-state index contributed by atoms with van der Waals surface area (Å²) in [5.74, 6) is 1.55. The fourth-order valence-corrected chi connectivity index (χ4v) is 1.26. The van der Waals surface area contributed by atoms with Gasteiger partial charge in [0.25, 0.3) is 0 Å². The largest absolute Gasteiger partial charge is 0.497 e. The van der Waals surface area contributed by atoms with E-state index >= 15 is 0 Å². The topological polar surface area (TPSA) is 34.5 Å². The summed E-state index contributed by atoms with van der Waals surface area (Å²) in [7, 11) is 1.65. The average molecular weight is 212 g/mol. The van der Waals surface area contributed by atoms with Crippen molar-refractivity contribution in [3.8, 4) is 5.75 Å². The van der Waals surface area contributed by atoms with Gasteiger partial charge in [0.05, 0.1) is 7.11 Å². The number of aromatic nitrogens is 1. The molecule has 2 rings (SSSR count). The first-order valence-electron chi connectivity index (χ1n) is 4.97. The van der Waals surface area contributed by atoms with E-state index in [4.69, 9.17) is 4.74 Å². The van der Waals surface area contributed by atoms with E-state index in [1.807, 2.05) is 42.5 Å². The SMILES string of the molecule is COc1ccc(C=Nc2ccccn2)cc1. The smallest absolute Gasteiger partial charge is 0.151 e. The number of methoxy groups -OCH3 is 1. The average Bonchev–Trinajstić information content (AvgIpc) is 2.38. The molecule has 0 N–H and O–H groups in total. The zero-order valence-electron chi connectivity index (χ0n) is 9.00. The molecule has 0 spiro atoms. The Balaban J connectivity index is 2.12. The van der Waals surface area contributed by atoms with Crippen LogP contribution in [0.25, 0.3) is 0 Å². The number of hydrogen-bond donors (Lipinski definition) is 0. The summed E-state index contributed by atoms with van der Waals surface area (Å²) in [4.78, 5) is 8.36. The van der Waals surface area contributed by atoms with Crippen molar-refractivity contribution in [3.63, 3.8) is 0 Å². The lowest BCUT2D eigenvalue weighted by Gasteiger charge is -1.98. The summed E-state index contributed by atoms with van der Waals surface area (Å²) < 4.78 is 5.08. The number of aliphatic imine (C=N–C) groups is 1. The van der Waals surface area contributed by atoms with Crippen molar-refractivity contribution >= 4 is 12.0 Å². The van der Waals surface area contributed by atoms with E-state index in [2.05, 4.69) is 9.98 Å². The summed E-state index contributed by atoms with van der Waals surface area (Å²) in [6.45, 7) is 0. The molecule has 1 aromatic carbocycles. The fraction of sp³-hybridized carbons (Fsp3) is 0.0769. The van der Waals surface area contributed by atoms with Gasteiger partial charge in [0, 0.05) is 12.4 Å². The molecular formula is C13H12N2O. The van der Waals surface area contributed by atoms with E-state index in [0.717, 1.165) is 11.3 Å². The monoisotopic (exact) mass is 212 g/mol. The molecule has 2 aromatic rings. The molecule has 0 radical (unpaired) electrons. The standard InChI is InChI=1S/C13H12N2O/c1-16-12-7-5-11(6-8-12)10-15-13-4-2-3-9-14-13/h2-10H,1H3. The van der Waals surface area contributed by atoms with Crippen molar-refractivity contribution in [1.29, 1.82) is 0 Å². The highest BCUT2D eigenvalue weighted by molar-refractivity contribution is 5.81. The van der Waals surface area contributed by atoms with Gasteiger partial charge in [0.15, 0.2) is 5.82 Å². The van der Waals surface area contributed by atoms with Crippen molar-refractivity contribution in [2.24, 2.45) is 4.99 Å². The minimum Gasteiger partial charge on any atom is -0.497 e. The van der Waals surface area contributed by atoms with Crippen LogP contribution in [-0.2, 0) is 0 Å². The molecule has 0 atom stereocenters. The van der Waals surface area contributed by atoms with E-state index in [9.17, 15) is 0 Å². The van der Waals surface area contributed by atoms with Gasteiger partial charge in [-0.1, -0.05) is 6.07 Å². The van der Waals surface area contributed by atoms with Crippen LogP contribution in [-0.4, -0.2) is 18.3 Å². The van der Waals surface area contributed by atoms with Crippen LogP contribution in [0.3, 0.4) is 0 Å². The Morgan fingerprint density at radius 2 is 1.94 bits per heavy atom. The van der Waals surface area contributed by atoms with Gasteiger partial charge < -0.3 is 4.74 Å². The third-order valence-electron chi connectivity index (χ3n) is 2.11. The maximum absolute atomic E-state index is 5.08. The summed E-state index contributed by atoms with van der Waals surface area (Å²) in [5.41, 5.74) is 1.02. The summed E-state index contributed by atoms with van der Waals surface area (Å²) in [5, 5.41) is 0. The molecule has 0 aliphatic carbocycles. The van der Waals surface area contributed by atoms with Crippen LogP contribution < -0.4 is 4.74 Å². The molecule has 0 aliphatic rings. The first kappa shape index (κ1) is 10.4. The van der Waals surface area contributed by atoms with Gasteiger partial charge in [-0.15, -0.1) is 0 Å². The molecule has 1 aromatic heterocycles. The molecule has 0 saturated carbocycles. The lowest BCUT2D eigenvalue weighted by atomic mass is 10.2. The van der Waals surface area contributed by atoms with E-state index in [0.29, 0.717) is 5.82 Å². The zero-order chi connectivity index (χ0) is 11.2. The molecule has 16 heavy (non-hydrogen) atoms. The van der Waals surface area contributed by atoms with E-state index in [1.165, 1.54) is 0 Å². The first-order valence-corrected chi connectivity index (χ1v) is 4.97. The van der Waals surface area contributed by atoms with E-state index in [1.54, 1.807) is 19.5 Å². The zero-order valence-corrected chi connectivity index (χ0v) is 9.00. The molecule has 80 valence electrons.